The van der Waals surface area contributed by atoms with Crippen molar-refractivity contribution in [2.45, 2.75) is 30.8 Å². The van der Waals surface area contributed by atoms with Gasteiger partial charge in [0.15, 0.2) is 17.0 Å². The minimum atomic E-state index is 0.132. The van der Waals surface area contributed by atoms with Gasteiger partial charge in [-0.25, -0.2) is 4.98 Å². The Kier molecular flexibility index (Phi) is 3.82. The number of nitrogens with one attached hydrogen (secondary N) is 1. The highest BCUT2D eigenvalue weighted by Gasteiger charge is 2.39. The largest absolute Gasteiger partial charge is 0.396 e. The third-order valence-electron chi connectivity index (χ3n) is 5.52. The second-order valence-corrected chi connectivity index (χ2v) is 7.39. The van der Waals surface area contributed by atoms with Crippen molar-refractivity contribution in [3.05, 3.63) is 54.4 Å². The van der Waals surface area contributed by atoms with Crippen LogP contribution in [0.1, 0.15) is 30.4 Å². The van der Waals surface area contributed by atoms with Gasteiger partial charge in [-0.15, -0.1) is 0 Å². The maximum Gasteiger partial charge on any atom is 0.224 e. The lowest BCUT2D eigenvalue weighted by molar-refractivity contribution is 0.244. The fraction of sp³-hybridized carbons (Fsp3) is 0.350. The zero-order chi connectivity index (χ0) is 18.4. The van der Waals surface area contributed by atoms with E-state index >= 15 is 0 Å². The summed E-state index contributed by atoms with van der Waals surface area (Å²) in [5.41, 5.74) is 8.79. The van der Waals surface area contributed by atoms with Gasteiger partial charge in [0, 0.05) is 24.5 Å². The first kappa shape index (κ1) is 16.3. The number of rotatable bonds is 5. The van der Waals surface area contributed by atoms with Crippen molar-refractivity contribution in [1.82, 2.24) is 19.5 Å². The van der Waals surface area contributed by atoms with E-state index in [0.29, 0.717) is 17.8 Å². The predicted molar refractivity (Wildman–Crippen MR) is 104 cm³/mol. The Morgan fingerprint density at radius 3 is 2.78 bits per heavy atom. The van der Waals surface area contributed by atoms with Crippen molar-refractivity contribution in [2.75, 3.05) is 17.7 Å². The van der Waals surface area contributed by atoms with E-state index in [1.807, 2.05) is 10.6 Å². The SMILES string of the molecule is Nc1nc(N[C@@H]2C[C@H]2c2ccccc2)c2ncn([C@H]3C=C[C@@H](CO)C3)c2n1. The van der Waals surface area contributed by atoms with E-state index in [1.165, 1.54) is 5.56 Å². The van der Waals surface area contributed by atoms with E-state index in [-0.39, 0.29) is 24.5 Å². The molecule has 2 aliphatic rings. The molecule has 0 saturated heterocycles. The normalized spacial score (nSPS) is 26.6. The quantitative estimate of drug-likeness (QED) is 0.603. The molecular formula is C20H22N6O. The highest BCUT2D eigenvalue weighted by atomic mass is 16.3. The first-order valence-electron chi connectivity index (χ1n) is 9.33. The summed E-state index contributed by atoms with van der Waals surface area (Å²) in [6.45, 7) is 0.159. The molecule has 2 heterocycles. The van der Waals surface area contributed by atoms with Crippen molar-refractivity contribution in [1.29, 1.82) is 0 Å². The van der Waals surface area contributed by atoms with Crippen LogP contribution in [-0.2, 0) is 0 Å². The number of anilines is 2. The third kappa shape index (κ3) is 2.94. The van der Waals surface area contributed by atoms with Crippen LogP contribution < -0.4 is 11.1 Å². The van der Waals surface area contributed by atoms with E-state index in [2.05, 4.69) is 56.7 Å². The lowest BCUT2D eigenvalue weighted by Gasteiger charge is -2.13. The summed E-state index contributed by atoms with van der Waals surface area (Å²) in [7, 11) is 0. The topological polar surface area (TPSA) is 102 Å². The smallest absolute Gasteiger partial charge is 0.224 e. The number of aromatic nitrogens is 4. The van der Waals surface area contributed by atoms with Crippen LogP contribution in [0.2, 0.25) is 0 Å². The molecule has 3 aromatic rings. The molecule has 27 heavy (non-hydrogen) atoms. The lowest BCUT2D eigenvalue weighted by Crippen LogP contribution is -2.11. The number of fused-ring (bicyclic) bond motifs is 1. The number of allylic oxidation sites excluding steroid dienone is 1. The molecule has 138 valence electrons. The number of aliphatic hydroxyl groups excluding tert-OH is 1. The van der Waals surface area contributed by atoms with E-state index in [0.717, 1.165) is 24.0 Å². The number of benzene rings is 1. The lowest BCUT2D eigenvalue weighted by atomic mass is 10.1. The molecule has 4 N–H and O–H groups in total. The van der Waals surface area contributed by atoms with Gasteiger partial charge in [0.2, 0.25) is 5.95 Å². The first-order chi connectivity index (χ1) is 13.2. The van der Waals surface area contributed by atoms with Crippen LogP contribution in [0.15, 0.2) is 48.8 Å². The van der Waals surface area contributed by atoms with Gasteiger partial charge in [-0.2, -0.15) is 9.97 Å². The van der Waals surface area contributed by atoms with Crippen LogP contribution in [0, 0.1) is 5.92 Å². The number of nitrogen functional groups attached to an aromatic ring is 1. The minimum Gasteiger partial charge on any atom is -0.396 e. The van der Waals surface area contributed by atoms with Crippen LogP contribution >= 0.6 is 0 Å². The van der Waals surface area contributed by atoms with Gasteiger partial charge in [0.25, 0.3) is 0 Å². The maximum absolute atomic E-state index is 9.38. The molecule has 2 aliphatic carbocycles. The molecule has 1 aromatic carbocycles. The zero-order valence-corrected chi connectivity index (χ0v) is 14.9. The Balaban J connectivity index is 1.42. The summed E-state index contributed by atoms with van der Waals surface area (Å²) >= 11 is 0. The van der Waals surface area contributed by atoms with Gasteiger partial charge in [-0.3, -0.25) is 0 Å². The molecule has 0 spiro atoms. The van der Waals surface area contributed by atoms with Crippen LogP contribution in [0.5, 0.6) is 0 Å². The van der Waals surface area contributed by atoms with Gasteiger partial charge >= 0.3 is 0 Å². The summed E-state index contributed by atoms with van der Waals surface area (Å²) in [4.78, 5) is 13.4. The van der Waals surface area contributed by atoms with Gasteiger partial charge in [-0.05, 0) is 18.4 Å². The van der Waals surface area contributed by atoms with Gasteiger partial charge in [0.05, 0.1) is 12.4 Å². The first-order valence-corrected chi connectivity index (χ1v) is 9.33. The Bertz CT molecular complexity index is 998. The predicted octanol–water partition coefficient (Wildman–Crippen LogP) is 2.49. The van der Waals surface area contributed by atoms with Crippen molar-refractivity contribution >= 4 is 22.9 Å². The van der Waals surface area contributed by atoms with Crippen LogP contribution in [-0.4, -0.2) is 37.3 Å². The number of aliphatic hydroxyl groups is 1. The molecule has 0 amide bonds. The molecule has 4 atom stereocenters. The summed E-state index contributed by atoms with van der Waals surface area (Å²) in [6, 6.07) is 11.0. The summed E-state index contributed by atoms with van der Waals surface area (Å²) in [6.07, 6.45) is 7.85. The van der Waals surface area contributed by atoms with E-state index < -0.39 is 0 Å². The van der Waals surface area contributed by atoms with Crippen molar-refractivity contribution < 1.29 is 5.11 Å². The fourth-order valence-electron chi connectivity index (χ4n) is 3.97. The Labute approximate surface area is 157 Å². The molecule has 0 aliphatic heterocycles. The molecule has 1 fully saturated rings. The van der Waals surface area contributed by atoms with E-state index in [4.69, 9.17) is 5.73 Å². The number of hydrogen-bond acceptors (Lipinski definition) is 6. The van der Waals surface area contributed by atoms with Gasteiger partial charge < -0.3 is 20.7 Å². The molecule has 1 saturated carbocycles. The Morgan fingerprint density at radius 1 is 1.15 bits per heavy atom. The molecule has 5 rings (SSSR count). The third-order valence-corrected chi connectivity index (χ3v) is 5.52. The Hall–Kier alpha value is -2.93. The average molecular weight is 362 g/mol. The van der Waals surface area contributed by atoms with Crippen molar-refractivity contribution in [3.63, 3.8) is 0 Å². The fourth-order valence-corrected chi connectivity index (χ4v) is 3.97. The maximum atomic E-state index is 9.38. The number of hydrogen-bond donors (Lipinski definition) is 3. The summed E-state index contributed by atoms with van der Waals surface area (Å²) in [5, 5.41) is 12.9. The molecule has 7 heteroatoms. The van der Waals surface area contributed by atoms with Crippen LogP contribution in [0.25, 0.3) is 11.2 Å². The van der Waals surface area contributed by atoms with Crippen LogP contribution in [0.4, 0.5) is 11.8 Å². The van der Waals surface area contributed by atoms with Crippen molar-refractivity contribution in [3.8, 4) is 0 Å². The monoisotopic (exact) mass is 362 g/mol. The molecule has 0 radical (unpaired) electrons. The molecule has 0 bridgehead atoms. The zero-order valence-electron chi connectivity index (χ0n) is 14.9. The molecule has 0 unspecified atom stereocenters. The second kappa shape index (κ2) is 6.35. The molecular weight excluding hydrogens is 340 g/mol. The molecule has 2 aromatic heterocycles. The highest BCUT2D eigenvalue weighted by Crippen LogP contribution is 2.43. The number of nitrogens with two attached hydrogens (primary N) is 1. The van der Waals surface area contributed by atoms with Crippen LogP contribution in [0.3, 0.4) is 0 Å². The Morgan fingerprint density at radius 2 is 2.00 bits per heavy atom. The molecule has 7 nitrogen and oxygen atoms in total. The van der Waals surface area contributed by atoms with Gasteiger partial charge in [0.1, 0.15) is 0 Å². The minimum absolute atomic E-state index is 0.132. The standard InChI is InChI=1S/C20H22N6O/c21-20-24-18(23-16-9-15(16)13-4-2-1-3-5-13)17-19(25-20)26(11-22-17)14-7-6-12(8-14)10-27/h1-7,11-12,14-16,27H,8-10H2,(H3,21,23,24,25)/t12-,14+,15+,16-/m1/s1. The van der Waals surface area contributed by atoms with E-state index in [1.54, 1.807) is 6.33 Å². The van der Waals surface area contributed by atoms with E-state index in [9.17, 15) is 5.11 Å². The summed E-state index contributed by atoms with van der Waals surface area (Å²) < 4.78 is 2.02. The summed E-state index contributed by atoms with van der Waals surface area (Å²) in [5.74, 6) is 1.61. The van der Waals surface area contributed by atoms with Crippen molar-refractivity contribution in [2.24, 2.45) is 5.92 Å². The number of imidazole rings is 1. The highest BCUT2D eigenvalue weighted by molar-refractivity contribution is 5.84. The van der Waals surface area contributed by atoms with Gasteiger partial charge in [-0.1, -0.05) is 42.5 Å². The second-order valence-electron chi connectivity index (χ2n) is 7.39. The number of nitrogens with zero attached hydrogens (tertiary/aromatic N) is 4. The average Bonchev–Trinajstić information content (AvgIpc) is 3.09.